The zero-order valence-electron chi connectivity index (χ0n) is 8.13. The Kier molecular flexibility index (Phi) is 1.74. The summed E-state index contributed by atoms with van der Waals surface area (Å²) in [4.78, 5) is 14.7. The molecule has 0 bridgehead atoms. The molecule has 0 N–H and O–H groups in total. The number of thiophene rings is 1. The second-order valence-corrected chi connectivity index (χ2v) is 5.25. The van der Waals surface area contributed by atoms with Crippen molar-refractivity contribution < 1.29 is 4.79 Å². The molecule has 3 heteroatoms. The second kappa shape index (κ2) is 2.58. The average molecular weight is 195 g/mol. The van der Waals surface area contributed by atoms with Crippen molar-refractivity contribution in [3.05, 3.63) is 21.9 Å². The van der Waals surface area contributed by atoms with Crippen molar-refractivity contribution in [3.63, 3.8) is 0 Å². The monoisotopic (exact) mass is 195 g/mol. The second-order valence-electron chi connectivity index (χ2n) is 4.34. The van der Waals surface area contributed by atoms with Gasteiger partial charge in [0.05, 0.1) is 4.88 Å². The van der Waals surface area contributed by atoms with Crippen LogP contribution in [0, 0.1) is 0 Å². The Hall–Kier alpha value is -0.830. The summed E-state index contributed by atoms with van der Waals surface area (Å²) in [7, 11) is 0. The van der Waals surface area contributed by atoms with Gasteiger partial charge in [-0.25, -0.2) is 0 Å². The van der Waals surface area contributed by atoms with Crippen LogP contribution in [0.25, 0.3) is 0 Å². The lowest BCUT2D eigenvalue weighted by Gasteiger charge is -2.31. The minimum Gasteiger partial charge on any atom is -0.329 e. The molecule has 1 aliphatic rings. The normalized spacial score (nSPS) is 16.5. The van der Waals surface area contributed by atoms with Crippen LogP contribution in [0.15, 0.2) is 11.4 Å². The molecule has 1 amide bonds. The van der Waals surface area contributed by atoms with Gasteiger partial charge in [0.2, 0.25) is 0 Å². The first-order valence-electron chi connectivity index (χ1n) is 4.38. The standard InChI is InChI=1S/C10H13NOS/c1-10(2,3)11-6-7-4-5-13-8(7)9(11)12/h4-5H,6H2,1-3H3. The number of hydrogen-bond acceptors (Lipinski definition) is 2. The number of nitrogens with zero attached hydrogens (tertiary/aromatic N) is 1. The van der Waals surface area contributed by atoms with Gasteiger partial charge in [-0.3, -0.25) is 4.79 Å². The number of hydrogen-bond donors (Lipinski definition) is 0. The number of carbonyl (C=O) groups excluding carboxylic acids is 1. The molecule has 0 fully saturated rings. The number of rotatable bonds is 0. The SMILES string of the molecule is CC(C)(C)N1Cc2ccsc2C1=O. The molecule has 0 saturated heterocycles. The van der Waals surface area contributed by atoms with E-state index in [1.165, 1.54) is 5.56 Å². The topological polar surface area (TPSA) is 20.3 Å². The Morgan fingerprint density at radius 3 is 2.69 bits per heavy atom. The molecule has 70 valence electrons. The summed E-state index contributed by atoms with van der Waals surface area (Å²) in [6.45, 7) is 6.99. The number of fused-ring (bicyclic) bond motifs is 1. The van der Waals surface area contributed by atoms with E-state index in [2.05, 4.69) is 20.8 Å². The van der Waals surface area contributed by atoms with E-state index in [9.17, 15) is 4.79 Å². The molecule has 0 saturated carbocycles. The lowest BCUT2D eigenvalue weighted by molar-refractivity contribution is 0.0612. The highest BCUT2D eigenvalue weighted by Crippen LogP contribution is 2.32. The highest BCUT2D eigenvalue weighted by molar-refractivity contribution is 7.12. The molecule has 0 spiro atoms. The summed E-state index contributed by atoms with van der Waals surface area (Å²) in [5.74, 6) is 0.192. The Morgan fingerprint density at radius 1 is 1.46 bits per heavy atom. The molecule has 0 atom stereocenters. The van der Waals surface area contributed by atoms with Gasteiger partial charge in [-0.05, 0) is 37.8 Å². The summed E-state index contributed by atoms with van der Waals surface area (Å²) in [6, 6.07) is 2.05. The molecule has 0 aromatic carbocycles. The van der Waals surface area contributed by atoms with Gasteiger partial charge < -0.3 is 4.90 Å². The van der Waals surface area contributed by atoms with Gasteiger partial charge in [0.25, 0.3) is 5.91 Å². The van der Waals surface area contributed by atoms with Crippen molar-refractivity contribution >= 4 is 17.2 Å². The largest absolute Gasteiger partial charge is 0.329 e. The van der Waals surface area contributed by atoms with Gasteiger partial charge >= 0.3 is 0 Å². The third-order valence-electron chi connectivity index (χ3n) is 2.32. The van der Waals surface area contributed by atoms with Crippen molar-refractivity contribution in [2.75, 3.05) is 0 Å². The molecule has 0 radical (unpaired) electrons. The third kappa shape index (κ3) is 1.27. The van der Waals surface area contributed by atoms with Gasteiger partial charge in [0.1, 0.15) is 0 Å². The van der Waals surface area contributed by atoms with Crippen LogP contribution >= 0.6 is 11.3 Å². The Balaban J connectivity index is 2.35. The summed E-state index contributed by atoms with van der Waals surface area (Å²) in [6.07, 6.45) is 0. The van der Waals surface area contributed by atoms with E-state index in [0.717, 1.165) is 11.4 Å². The lowest BCUT2D eigenvalue weighted by Crippen LogP contribution is -2.41. The van der Waals surface area contributed by atoms with Crippen LogP contribution in [0.1, 0.15) is 36.0 Å². The zero-order valence-corrected chi connectivity index (χ0v) is 8.94. The molecular formula is C10H13NOS. The molecular weight excluding hydrogens is 182 g/mol. The van der Waals surface area contributed by atoms with E-state index < -0.39 is 0 Å². The maximum atomic E-state index is 11.8. The number of carbonyl (C=O) groups is 1. The molecule has 13 heavy (non-hydrogen) atoms. The van der Waals surface area contributed by atoms with Crippen molar-refractivity contribution in [3.8, 4) is 0 Å². The van der Waals surface area contributed by atoms with E-state index in [4.69, 9.17) is 0 Å². The first kappa shape index (κ1) is 8.75. The average Bonchev–Trinajstić information content (AvgIpc) is 2.51. The van der Waals surface area contributed by atoms with Crippen LogP contribution in [0.4, 0.5) is 0 Å². The fourth-order valence-corrected chi connectivity index (χ4v) is 2.42. The van der Waals surface area contributed by atoms with Gasteiger partial charge in [-0.1, -0.05) is 0 Å². The van der Waals surface area contributed by atoms with Crippen LogP contribution in [0.2, 0.25) is 0 Å². The van der Waals surface area contributed by atoms with Crippen molar-refractivity contribution in [2.24, 2.45) is 0 Å². The third-order valence-corrected chi connectivity index (χ3v) is 3.27. The molecule has 2 heterocycles. The Bertz CT molecular complexity index is 348. The summed E-state index contributed by atoms with van der Waals surface area (Å²) in [5, 5.41) is 1.99. The molecule has 1 aromatic rings. The summed E-state index contributed by atoms with van der Waals surface area (Å²) in [5.41, 5.74) is 1.13. The minimum absolute atomic E-state index is 0.0597. The maximum absolute atomic E-state index is 11.8. The molecule has 0 unspecified atom stereocenters. The quantitative estimate of drug-likeness (QED) is 0.623. The predicted octanol–water partition coefficient (Wildman–Crippen LogP) is 2.50. The first-order chi connectivity index (χ1) is 6.00. The van der Waals surface area contributed by atoms with Gasteiger partial charge in [0, 0.05) is 12.1 Å². The van der Waals surface area contributed by atoms with Crippen LogP contribution in [0.3, 0.4) is 0 Å². The van der Waals surface area contributed by atoms with Crippen LogP contribution in [0.5, 0.6) is 0 Å². The highest BCUT2D eigenvalue weighted by atomic mass is 32.1. The van der Waals surface area contributed by atoms with Crippen LogP contribution in [-0.2, 0) is 6.54 Å². The zero-order chi connectivity index (χ0) is 9.64. The van der Waals surface area contributed by atoms with Gasteiger partial charge in [0.15, 0.2) is 0 Å². The first-order valence-corrected chi connectivity index (χ1v) is 5.26. The lowest BCUT2D eigenvalue weighted by atomic mass is 10.1. The van der Waals surface area contributed by atoms with Crippen LogP contribution in [-0.4, -0.2) is 16.3 Å². The molecule has 1 aromatic heterocycles. The van der Waals surface area contributed by atoms with E-state index in [1.54, 1.807) is 11.3 Å². The summed E-state index contributed by atoms with van der Waals surface area (Å²) < 4.78 is 0. The maximum Gasteiger partial charge on any atom is 0.265 e. The molecule has 2 rings (SSSR count). The fraction of sp³-hybridized carbons (Fsp3) is 0.500. The Labute approximate surface area is 82.2 Å². The summed E-state index contributed by atoms with van der Waals surface area (Å²) >= 11 is 1.55. The predicted molar refractivity (Wildman–Crippen MR) is 53.9 cm³/mol. The smallest absolute Gasteiger partial charge is 0.265 e. The van der Waals surface area contributed by atoms with E-state index in [-0.39, 0.29) is 11.4 Å². The van der Waals surface area contributed by atoms with Crippen molar-refractivity contribution in [2.45, 2.75) is 32.9 Å². The van der Waals surface area contributed by atoms with E-state index >= 15 is 0 Å². The minimum atomic E-state index is -0.0597. The highest BCUT2D eigenvalue weighted by Gasteiger charge is 2.35. The van der Waals surface area contributed by atoms with Crippen molar-refractivity contribution in [1.29, 1.82) is 0 Å². The van der Waals surface area contributed by atoms with E-state index in [1.807, 2.05) is 16.3 Å². The van der Waals surface area contributed by atoms with E-state index in [0.29, 0.717) is 0 Å². The van der Waals surface area contributed by atoms with Gasteiger partial charge in [-0.2, -0.15) is 0 Å². The van der Waals surface area contributed by atoms with Crippen molar-refractivity contribution in [1.82, 2.24) is 4.90 Å². The molecule has 2 nitrogen and oxygen atoms in total. The van der Waals surface area contributed by atoms with Gasteiger partial charge in [-0.15, -0.1) is 11.3 Å². The molecule has 1 aliphatic heterocycles. The Morgan fingerprint density at radius 2 is 2.15 bits per heavy atom. The van der Waals surface area contributed by atoms with Crippen LogP contribution < -0.4 is 0 Å². The molecule has 0 aliphatic carbocycles. The number of amides is 1. The fourth-order valence-electron chi connectivity index (χ4n) is 1.55.